The molecule has 19 heavy (non-hydrogen) atoms. The summed E-state index contributed by atoms with van der Waals surface area (Å²) in [5, 5.41) is 3.33. The van der Waals surface area contributed by atoms with E-state index in [-0.39, 0.29) is 5.91 Å². The summed E-state index contributed by atoms with van der Waals surface area (Å²) in [6.45, 7) is 6.06. The predicted octanol–water partition coefficient (Wildman–Crippen LogP) is 0.824. The van der Waals surface area contributed by atoms with Crippen molar-refractivity contribution in [1.29, 1.82) is 0 Å². The quantitative estimate of drug-likeness (QED) is 0.854. The summed E-state index contributed by atoms with van der Waals surface area (Å²) in [5.74, 6) is 0.275. The van der Waals surface area contributed by atoms with Gasteiger partial charge in [0.2, 0.25) is 5.91 Å². The highest BCUT2D eigenvalue weighted by Gasteiger charge is 2.23. The molecule has 1 N–H and O–H groups in total. The maximum absolute atomic E-state index is 12.3. The first-order valence-electron chi connectivity index (χ1n) is 7.10. The fourth-order valence-electron chi connectivity index (χ4n) is 2.90. The van der Waals surface area contributed by atoms with Crippen LogP contribution in [0.3, 0.4) is 0 Å². The van der Waals surface area contributed by atoms with Gasteiger partial charge in [-0.25, -0.2) is 0 Å². The van der Waals surface area contributed by atoms with Gasteiger partial charge in [-0.3, -0.25) is 9.69 Å². The van der Waals surface area contributed by atoms with Crippen molar-refractivity contribution < 1.29 is 4.79 Å². The van der Waals surface area contributed by atoms with Crippen LogP contribution in [0.2, 0.25) is 0 Å². The van der Waals surface area contributed by atoms with E-state index >= 15 is 0 Å². The van der Waals surface area contributed by atoms with E-state index in [4.69, 9.17) is 0 Å². The smallest absolute Gasteiger partial charge is 0.236 e. The molecule has 2 heterocycles. The lowest BCUT2D eigenvalue weighted by Crippen LogP contribution is -2.40. The van der Waals surface area contributed by atoms with Gasteiger partial charge in [0.25, 0.3) is 0 Å². The number of hydrogen-bond donors (Lipinski definition) is 1. The minimum atomic E-state index is 0.275. The van der Waals surface area contributed by atoms with Crippen molar-refractivity contribution in [2.24, 2.45) is 0 Å². The van der Waals surface area contributed by atoms with Gasteiger partial charge in [-0.2, -0.15) is 0 Å². The van der Waals surface area contributed by atoms with E-state index in [9.17, 15) is 4.79 Å². The maximum Gasteiger partial charge on any atom is 0.236 e. The summed E-state index contributed by atoms with van der Waals surface area (Å²) in [4.78, 5) is 16.6. The normalized spacial score (nSPS) is 20.1. The van der Waals surface area contributed by atoms with Crippen LogP contribution in [-0.2, 0) is 17.9 Å². The third kappa shape index (κ3) is 2.96. The molecule has 0 atom stereocenters. The summed E-state index contributed by atoms with van der Waals surface area (Å²) in [6, 6.07) is 8.47. The fourth-order valence-corrected chi connectivity index (χ4v) is 2.90. The fraction of sp³-hybridized carbons (Fsp3) is 0.533. The molecule has 0 unspecified atom stereocenters. The van der Waals surface area contributed by atoms with E-state index < -0.39 is 0 Å². The number of amides is 1. The molecule has 4 heteroatoms. The van der Waals surface area contributed by atoms with E-state index in [0.29, 0.717) is 6.54 Å². The summed E-state index contributed by atoms with van der Waals surface area (Å²) in [5.41, 5.74) is 2.74. The number of rotatable bonds is 2. The van der Waals surface area contributed by atoms with Gasteiger partial charge in [0.15, 0.2) is 0 Å². The maximum atomic E-state index is 12.3. The molecule has 0 radical (unpaired) electrons. The standard InChI is InChI=1S/C15H21N3O/c19-15(18-8-3-6-16-7-9-18)12-17-10-13-4-1-2-5-14(13)11-17/h1-2,4-5,16H,3,6-12H2. The van der Waals surface area contributed by atoms with Crippen LogP contribution in [0.15, 0.2) is 24.3 Å². The number of carbonyl (C=O) groups is 1. The van der Waals surface area contributed by atoms with Crippen molar-refractivity contribution >= 4 is 5.91 Å². The Morgan fingerprint density at radius 2 is 1.84 bits per heavy atom. The lowest BCUT2D eigenvalue weighted by Gasteiger charge is -2.23. The lowest BCUT2D eigenvalue weighted by atomic mass is 10.1. The summed E-state index contributed by atoms with van der Waals surface area (Å²) >= 11 is 0. The van der Waals surface area contributed by atoms with Crippen molar-refractivity contribution in [1.82, 2.24) is 15.1 Å². The Morgan fingerprint density at radius 3 is 2.58 bits per heavy atom. The van der Waals surface area contributed by atoms with Crippen molar-refractivity contribution in [2.75, 3.05) is 32.7 Å². The molecule has 4 nitrogen and oxygen atoms in total. The Hall–Kier alpha value is -1.39. The second-order valence-corrected chi connectivity index (χ2v) is 5.40. The average molecular weight is 259 g/mol. The second-order valence-electron chi connectivity index (χ2n) is 5.40. The molecule has 0 aromatic heterocycles. The Morgan fingerprint density at radius 1 is 1.11 bits per heavy atom. The Kier molecular flexibility index (Phi) is 3.80. The lowest BCUT2D eigenvalue weighted by molar-refractivity contribution is -0.132. The predicted molar refractivity (Wildman–Crippen MR) is 74.6 cm³/mol. The van der Waals surface area contributed by atoms with Gasteiger partial charge in [-0.1, -0.05) is 24.3 Å². The SMILES string of the molecule is O=C(CN1Cc2ccccc2C1)N1CCCNCC1. The zero-order valence-electron chi connectivity index (χ0n) is 11.3. The molecule has 1 fully saturated rings. The highest BCUT2D eigenvalue weighted by atomic mass is 16.2. The third-order valence-corrected chi connectivity index (χ3v) is 3.96. The first-order chi connectivity index (χ1) is 9.33. The molecular weight excluding hydrogens is 238 g/mol. The highest BCUT2D eigenvalue weighted by Crippen LogP contribution is 2.21. The molecule has 3 rings (SSSR count). The Labute approximate surface area is 114 Å². The van der Waals surface area contributed by atoms with E-state index in [1.165, 1.54) is 11.1 Å². The van der Waals surface area contributed by atoms with Gasteiger partial charge >= 0.3 is 0 Å². The van der Waals surface area contributed by atoms with Crippen LogP contribution in [0.5, 0.6) is 0 Å². The van der Waals surface area contributed by atoms with E-state index in [0.717, 1.165) is 45.7 Å². The van der Waals surface area contributed by atoms with Crippen LogP contribution < -0.4 is 5.32 Å². The molecule has 2 aliphatic rings. The first kappa shape index (κ1) is 12.6. The van der Waals surface area contributed by atoms with Crippen molar-refractivity contribution in [3.8, 4) is 0 Å². The van der Waals surface area contributed by atoms with Crippen LogP contribution in [0.1, 0.15) is 17.5 Å². The summed E-state index contributed by atoms with van der Waals surface area (Å²) < 4.78 is 0. The molecule has 1 amide bonds. The molecular formula is C15H21N3O. The highest BCUT2D eigenvalue weighted by molar-refractivity contribution is 5.78. The number of benzene rings is 1. The Bertz CT molecular complexity index is 427. The molecule has 2 aliphatic heterocycles. The molecule has 1 aromatic carbocycles. The van der Waals surface area contributed by atoms with Gasteiger partial charge in [0.05, 0.1) is 6.54 Å². The van der Waals surface area contributed by atoms with Crippen molar-refractivity contribution in [3.63, 3.8) is 0 Å². The number of hydrogen-bond acceptors (Lipinski definition) is 3. The average Bonchev–Trinajstić information content (AvgIpc) is 2.63. The number of carbonyl (C=O) groups excluding carboxylic acids is 1. The second kappa shape index (κ2) is 5.72. The van der Waals surface area contributed by atoms with E-state index in [1.54, 1.807) is 0 Å². The molecule has 0 spiro atoms. The third-order valence-electron chi connectivity index (χ3n) is 3.96. The molecule has 0 aliphatic carbocycles. The van der Waals surface area contributed by atoms with Gasteiger partial charge in [-0.15, -0.1) is 0 Å². The van der Waals surface area contributed by atoms with E-state index in [1.807, 2.05) is 4.90 Å². The molecule has 1 saturated heterocycles. The minimum absolute atomic E-state index is 0.275. The molecule has 0 bridgehead atoms. The van der Waals surface area contributed by atoms with Gasteiger partial charge in [-0.05, 0) is 24.1 Å². The number of nitrogens with zero attached hydrogens (tertiary/aromatic N) is 2. The van der Waals surface area contributed by atoms with E-state index in [2.05, 4.69) is 34.5 Å². The number of fused-ring (bicyclic) bond motifs is 1. The summed E-state index contributed by atoms with van der Waals surface area (Å²) in [6.07, 6.45) is 1.06. The van der Waals surface area contributed by atoms with Crippen LogP contribution >= 0.6 is 0 Å². The van der Waals surface area contributed by atoms with Crippen LogP contribution in [0.25, 0.3) is 0 Å². The molecule has 102 valence electrons. The van der Waals surface area contributed by atoms with Crippen LogP contribution in [-0.4, -0.2) is 48.4 Å². The largest absolute Gasteiger partial charge is 0.340 e. The minimum Gasteiger partial charge on any atom is -0.340 e. The van der Waals surface area contributed by atoms with Crippen LogP contribution in [0.4, 0.5) is 0 Å². The molecule has 0 saturated carbocycles. The monoisotopic (exact) mass is 259 g/mol. The van der Waals surface area contributed by atoms with Crippen LogP contribution in [0, 0.1) is 0 Å². The molecule has 1 aromatic rings. The van der Waals surface area contributed by atoms with Gasteiger partial charge < -0.3 is 10.2 Å². The first-order valence-corrected chi connectivity index (χ1v) is 7.10. The zero-order chi connectivity index (χ0) is 13.1. The zero-order valence-corrected chi connectivity index (χ0v) is 11.3. The van der Waals surface area contributed by atoms with Crippen molar-refractivity contribution in [2.45, 2.75) is 19.5 Å². The topological polar surface area (TPSA) is 35.6 Å². The van der Waals surface area contributed by atoms with Gasteiger partial charge in [0.1, 0.15) is 0 Å². The van der Waals surface area contributed by atoms with Crippen molar-refractivity contribution in [3.05, 3.63) is 35.4 Å². The Balaban J connectivity index is 1.56. The summed E-state index contributed by atoms with van der Waals surface area (Å²) in [7, 11) is 0. The number of nitrogens with one attached hydrogen (secondary N) is 1. The van der Waals surface area contributed by atoms with Gasteiger partial charge in [0, 0.05) is 32.7 Å².